The number of amides is 1. The number of ether oxygens (including phenoxy) is 1. The molecular formula is C17H31NO2. The Labute approximate surface area is 124 Å². The molecule has 1 saturated carbocycles. The summed E-state index contributed by atoms with van der Waals surface area (Å²) < 4.78 is 5.70. The zero-order valence-electron chi connectivity index (χ0n) is 13.6. The zero-order valence-corrected chi connectivity index (χ0v) is 13.6. The molecule has 0 aromatic carbocycles. The molecule has 0 bridgehead atoms. The standard InChI is InChI=1S/C17H31NO2/c1-12(2)15-7-5-14(6-8-15)9-17(19)18-10-16(11-18)20-13(3)4/h12-16H,5-11H2,1-4H3. The highest BCUT2D eigenvalue weighted by atomic mass is 16.5. The molecule has 116 valence electrons. The lowest BCUT2D eigenvalue weighted by Gasteiger charge is -2.41. The predicted octanol–water partition coefficient (Wildman–Crippen LogP) is 3.47. The minimum absolute atomic E-state index is 0.267. The van der Waals surface area contributed by atoms with E-state index in [-0.39, 0.29) is 12.2 Å². The van der Waals surface area contributed by atoms with Crippen LogP contribution in [-0.4, -0.2) is 36.1 Å². The third kappa shape index (κ3) is 4.21. The predicted molar refractivity (Wildman–Crippen MR) is 81.5 cm³/mol. The number of carbonyl (C=O) groups is 1. The summed E-state index contributed by atoms with van der Waals surface area (Å²) >= 11 is 0. The van der Waals surface area contributed by atoms with Gasteiger partial charge in [-0.1, -0.05) is 13.8 Å². The van der Waals surface area contributed by atoms with Gasteiger partial charge in [-0.05, 0) is 57.3 Å². The summed E-state index contributed by atoms with van der Waals surface area (Å²) in [6.07, 6.45) is 6.42. The molecule has 1 aliphatic heterocycles. The Bertz CT molecular complexity index is 313. The minimum atomic E-state index is 0.267. The molecule has 0 aromatic heterocycles. The Hall–Kier alpha value is -0.570. The van der Waals surface area contributed by atoms with Crippen LogP contribution in [0.25, 0.3) is 0 Å². The maximum absolute atomic E-state index is 12.2. The van der Waals surface area contributed by atoms with Gasteiger partial charge in [-0.25, -0.2) is 0 Å². The number of carbonyl (C=O) groups excluding carboxylic acids is 1. The van der Waals surface area contributed by atoms with Crippen LogP contribution in [0.1, 0.15) is 59.8 Å². The molecule has 0 radical (unpaired) electrons. The second-order valence-electron chi connectivity index (χ2n) is 7.33. The molecule has 2 aliphatic rings. The zero-order chi connectivity index (χ0) is 14.7. The van der Waals surface area contributed by atoms with E-state index in [9.17, 15) is 4.79 Å². The van der Waals surface area contributed by atoms with E-state index in [0.717, 1.165) is 31.3 Å². The first-order valence-electron chi connectivity index (χ1n) is 8.39. The van der Waals surface area contributed by atoms with Crippen molar-refractivity contribution in [3.8, 4) is 0 Å². The highest BCUT2D eigenvalue weighted by Crippen LogP contribution is 2.35. The Morgan fingerprint density at radius 3 is 2.20 bits per heavy atom. The quantitative estimate of drug-likeness (QED) is 0.772. The van der Waals surface area contributed by atoms with E-state index in [1.165, 1.54) is 25.7 Å². The fourth-order valence-corrected chi connectivity index (χ4v) is 3.55. The van der Waals surface area contributed by atoms with Crippen LogP contribution in [0, 0.1) is 17.8 Å². The lowest BCUT2D eigenvalue weighted by molar-refractivity contribution is -0.149. The van der Waals surface area contributed by atoms with Crippen molar-refractivity contribution < 1.29 is 9.53 Å². The van der Waals surface area contributed by atoms with E-state index < -0.39 is 0 Å². The summed E-state index contributed by atoms with van der Waals surface area (Å²) in [7, 11) is 0. The molecule has 0 unspecified atom stereocenters. The van der Waals surface area contributed by atoms with Crippen molar-refractivity contribution in [2.45, 2.75) is 72.0 Å². The highest BCUT2D eigenvalue weighted by Gasteiger charge is 2.33. The molecule has 3 nitrogen and oxygen atoms in total. The molecule has 2 rings (SSSR count). The van der Waals surface area contributed by atoms with Crippen LogP contribution in [0.4, 0.5) is 0 Å². The molecule has 1 heterocycles. The van der Waals surface area contributed by atoms with E-state index in [1.807, 2.05) is 4.90 Å². The summed E-state index contributed by atoms with van der Waals surface area (Å²) in [5.74, 6) is 2.66. The Balaban J connectivity index is 1.64. The van der Waals surface area contributed by atoms with E-state index in [1.54, 1.807) is 0 Å². The molecule has 3 heteroatoms. The monoisotopic (exact) mass is 281 g/mol. The summed E-state index contributed by atoms with van der Waals surface area (Å²) in [6.45, 7) is 10.4. The van der Waals surface area contributed by atoms with Crippen molar-refractivity contribution in [3.05, 3.63) is 0 Å². The van der Waals surface area contributed by atoms with Gasteiger partial charge in [0.15, 0.2) is 0 Å². The third-order valence-electron chi connectivity index (χ3n) is 4.96. The van der Waals surface area contributed by atoms with Gasteiger partial charge < -0.3 is 9.64 Å². The van der Waals surface area contributed by atoms with E-state index in [0.29, 0.717) is 11.8 Å². The van der Waals surface area contributed by atoms with Gasteiger partial charge in [-0.15, -0.1) is 0 Å². The molecule has 0 atom stereocenters. The fraction of sp³-hybridized carbons (Fsp3) is 0.941. The SMILES string of the molecule is CC(C)OC1CN(C(=O)CC2CCC(C(C)C)CC2)C1. The molecule has 1 amide bonds. The van der Waals surface area contributed by atoms with Crippen molar-refractivity contribution in [1.29, 1.82) is 0 Å². The average molecular weight is 281 g/mol. The van der Waals surface area contributed by atoms with Gasteiger partial charge in [-0.2, -0.15) is 0 Å². The molecule has 1 saturated heterocycles. The van der Waals surface area contributed by atoms with Crippen LogP contribution in [0.5, 0.6) is 0 Å². The molecule has 1 aliphatic carbocycles. The van der Waals surface area contributed by atoms with E-state index in [2.05, 4.69) is 27.7 Å². The van der Waals surface area contributed by atoms with E-state index >= 15 is 0 Å². The Morgan fingerprint density at radius 2 is 1.70 bits per heavy atom. The molecular weight excluding hydrogens is 250 g/mol. The van der Waals surface area contributed by atoms with Crippen molar-refractivity contribution in [2.24, 2.45) is 17.8 Å². The highest BCUT2D eigenvalue weighted by molar-refractivity contribution is 5.77. The van der Waals surface area contributed by atoms with Gasteiger partial charge in [0.2, 0.25) is 5.91 Å². The molecule has 20 heavy (non-hydrogen) atoms. The number of rotatable bonds is 5. The molecule has 0 spiro atoms. The van der Waals surface area contributed by atoms with Crippen LogP contribution >= 0.6 is 0 Å². The van der Waals surface area contributed by atoms with Crippen LogP contribution in [0.2, 0.25) is 0 Å². The number of likely N-dealkylation sites (tertiary alicyclic amines) is 1. The summed E-state index contributed by atoms with van der Waals surface area (Å²) in [6, 6.07) is 0. The lowest BCUT2D eigenvalue weighted by Crippen LogP contribution is -2.55. The first-order chi connectivity index (χ1) is 9.45. The van der Waals surface area contributed by atoms with Crippen molar-refractivity contribution in [2.75, 3.05) is 13.1 Å². The maximum Gasteiger partial charge on any atom is 0.223 e. The van der Waals surface area contributed by atoms with Gasteiger partial charge in [0.05, 0.1) is 12.2 Å². The maximum atomic E-state index is 12.2. The second-order valence-corrected chi connectivity index (χ2v) is 7.33. The minimum Gasteiger partial charge on any atom is -0.372 e. The second kappa shape index (κ2) is 6.93. The number of hydrogen-bond acceptors (Lipinski definition) is 2. The third-order valence-corrected chi connectivity index (χ3v) is 4.96. The summed E-state index contributed by atoms with van der Waals surface area (Å²) in [4.78, 5) is 14.2. The van der Waals surface area contributed by atoms with Crippen molar-refractivity contribution >= 4 is 5.91 Å². The Kier molecular flexibility index (Phi) is 5.48. The van der Waals surface area contributed by atoms with Crippen LogP contribution in [-0.2, 0) is 9.53 Å². The number of hydrogen-bond donors (Lipinski definition) is 0. The fourth-order valence-electron chi connectivity index (χ4n) is 3.55. The molecule has 0 N–H and O–H groups in total. The topological polar surface area (TPSA) is 29.5 Å². The van der Waals surface area contributed by atoms with Gasteiger partial charge in [0.25, 0.3) is 0 Å². The van der Waals surface area contributed by atoms with E-state index in [4.69, 9.17) is 4.74 Å². The molecule has 0 aromatic rings. The largest absolute Gasteiger partial charge is 0.372 e. The first kappa shape index (κ1) is 15.8. The average Bonchev–Trinajstić information content (AvgIpc) is 2.33. The van der Waals surface area contributed by atoms with Gasteiger partial charge in [-0.3, -0.25) is 4.79 Å². The van der Waals surface area contributed by atoms with Crippen LogP contribution in [0.3, 0.4) is 0 Å². The number of nitrogens with zero attached hydrogens (tertiary/aromatic N) is 1. The smallest absolute Gasteiger partial charge is 0.223 e. The molecule has 2 fully saturated rings. The van der Waals surface area contributed by atoms with Gasteiger partial charge in [0.1, 0.15) is 0 Å². The Morgan fingerprint density at radius 1 is 1.10 bits per heavy atom. The van der Waals surface area contributed by atoms with Gasteiger partial charge in [0, 0.05) is 19.5 Å². The summed E-state index contributed by atoms with van der Waals surface area (Å²) in [5.41, 5.74) is 0. The summed E-state index contributed by atoms with van der Waals surface area (Å²) in [5, 5.41) is 0. The van der Waals surface area contributed by atoms with Crippen molar-refractivity contribution in [1.82, 2.24) is 4.90 Å². The van der Waals surface area contributed by atoms with Gasteiger partial charge >= 0.3 is 0 Å². The first-order valence-corrected chi connectivity index (χ1v) is 8.39. The lowest BCUT2D eigenvalue weighted by atomic mass is 9.76. The normalized spacial score (nSPS) is 28.0. The van der Waals surface area contributed by atoms with Crippen LogP contribution < -0.4 is 0 Å². The van der Waals surface area contributed by atoms with Crippen molar-refractivity contribution in [3.63, 3.8) is 0 Å². The van der Waals surface area contributed by atoms with Crippen LogP contribution in [0.15, 0.2) is 0 Å².